The Balaban J connectivity index is 1.91. The summed E-state index contributed by atoms with van der Waals surface area (Å²) >= 11 is 0. The Kier molecular flexibility index (Phi) is 4.44. The number of hydrogen-bond acceptors (Lipinski definition) is 5. The molecule has 2 aromatic carbocycles. The van der Waals surface area contributed by atoms with Crippen LogP contribution in [0, 0.1) is 5.82 Å². The first-order valence-electron chi connectivity index (χ1n) is 9.06. The molecule has 2 atom stereocenters. The van der Waals surface area contributed by atoms with Crippen molar-refractivity contribution in [3.63, 3.8) is 0 Å². The second-order valence-corrected chi connectivity index (χ2v) is 6.95. The number of ether oxygens (including phenoxy) is 1. The number of carbonyl (C=O) groups is 1. The summed E-state index contributed by atoms with van der Waals surface area (Å²) in [5.41, 5.74) is 1.17. The third-order valence-electron chi connectivity index (χ3n) is 5.41. The van der Waals surface area contributed by atoms with E-state index in [0.29, 0.717) is 36.6 Å². The molecule has 0 amide bonds. The molecule has 0 spiro atoms. The van der Waals surface area contributed by atoms with E-state index in [1.54, 1.807) is 11.1 Å². The van der Waals surface area contributed by atoms with E-state index in [0.717, 1.165) is 5.56 Å². The molecule has 6 heteroatoms. The van der Waals surface area contributed by atoms with Crippen LogP contribution >= 0.6 is 0 Å². The maximum absolute atomic E-state index is 13.9. The summed E-state index contributed by atoms with van der Waals surface area (Å²) in [5.74, 6) is 0.0274. The molecular weight excluding hydrogens is 347 g/mol. The van der Waals surface area contributed by atoms with Crippen LogP contribution in [0.4, 0.5) is 10.1 Å². The van der Waals surface area contributed by atoms with Gasteiger partial charge in [-0.3, -0.25) is 9.80 Å². The minimum atomic E-state index is -0.722. The zero-order valence-corrected chi connectivity index (χ0v) is 15.1. The zero-order chi connectivity index (χ0) is 19.0. The fourth-order valence-corrected chi connectivity index (χ4v) is 4.26. The van der Waals surface area contributed by atoms with Crippen LogP contribution in [0.2, 0.25) is 0 Å². The van der Waals surface area contributed by atoms with Crippen molar-refractivity contribution in [1.82, 2.24) is 0 Å². The van der Waals surface area contributed by atoms with E-state index in [4.69, 9.17) is 4.74 Å². The Morgan fingerprint density at radius 3 is 2.81 bits per heavy atom. The highest BCUT2D eigenvalue weighted by Gasteiger charge is 2.55. The predicted molar refractivity (Wildman–Crippen MR) is 101 cm³/mol. The topological polar surface area (TPSA) is 62.1 Å². The lowest BCUT2D eigenvalue weighted by Gasteiger charge is -2.41. The average Bonchev–Trinajstić information content (AvgIpc) is 3.03. The highest BCUT2D eigenvalue weighted by Crippen LogP contribution is 2.48. The van der Waals surface area contributed by atoms with Crippen LogP contribution in [0.1, 0.15) is 25.3 Å². The SMILES string of the molecule is CC(=O)C1=NN2c3cc(F)ccc3OCC2C1(CCCO)c1ccccc1. The molecule has 4 rings (SSSR count). The van der Waals surface area contributed by atoms with Crippen LogP contribution in [0.3, 0.4) is 0 Å². The van der Waals surface area contributed by atoms with Gasteiger partial charge in [0.1, 0.15) is 35.6 Å². The largest absolute Gasteiger partial charge is 0.489 e. The molecule has 0 saturated heterocycles. The number of fused-ring (bicyclic) bond motifs is 3. The van der Waals surface area contributed by atoms with Crippen molar-refractivity contribution < 1.29 is 19.0 Å². The summed E-state index contributed by atoms with van der Waals surface area (Å²) in [6.07, 6.45) is 1.06. The molecule has 2 aliphatic rings. The van der Waals surface area contributed by atoms with E-state index in [1.807, 2.05) is 30.3 Å². The highest BCUT2D eigenvalue weighted by atomic mass is 19.1. The molecule has 0 aliphatic carbocycles. The fourth-order valence-electron chi connectivity index (χ4n) is 4.26. The predicted octanol–water partition coefficient (Wildman–Crippen LogP) is 3.06. The lowest BCUT2D eigenvalue weighted by molar-refractivity contribution is -0.111. The van der Waals surface area contributed by atoms with Crippen molar-refractivity contribution in [1.29, 1.82) is 0 Å². The number of benzene rings is 2. The van der Waals surface area contributed by atoms with Gasteiger partial charge in [-0.05, 0) is 30.5 Å². The highest BCUT2D eigenvalue weighted by molar-refractivity contribution is 6.43. The molecule has 2 heterocycles. The summed E-state index contributed by atoms with van der Waals surface area (Å²) in [6.45, 7) is 1.83. The van der Waals surface area contributed by atoms with Gasteiger partial charge >= 0.3 is 0 Å². The zero-order valence-electron chi connectivity index (χ0n) is 15.1. The number of rotatable bonds is 5. The number of nitrogens with zero attached hydrogens (tertiary/aromatic N) is 2. The Morgan fingerprint density at radius 1 is 1.33 bits per heavy atom. The number of aliphatic hydroxyl groups excluding tert-OH is 1. The van der Waals surface area contributed by atoms with E-state index >= 15 is 0 Å². The lowest BCUT2D eigenvalue weighted by Crippen LogP contribution is -2.53. The van der Waals surface area contributed by atoms with Crippen LogP contribution < -0.4 is 9.75 Å². The van der Waals surface area contributed by atoms with Gasteiger partial charge in [-0.15, -0.1) is 0 Å². The van der Waals surface area contributed by atoms with Gasteiger partial charge in [-0.25, -0.2) is 4.39 Å². The van der Waals surface area contributed by atoms with Crippen LogP contribution in [0.5, 0.6) is 5.75 Å². The number of hydrazone groups is 1. The summed E-state index contributed by atoms with van der Waals surface area (Å²) in [7, 11) is 0. The average molecular weight is 368 g/mol. The van der Waals surface area contributed by atoms with Gasteiger partial charge in [0.15, 0.2) is 5.78 Å². The first-order chi connectivity index (χ1) is 13.1. The molecule has 1 N–H and O–H groups in total. The van der Waals surface area contributed by atoms with Gasteiger partial charge < -0.3 is 9.84 Å². The summed E-state index contributed by atoms with van der Waals surface area (Å²) in [5, 5.41) is 15.9. The summed E-state index contributed by atoms with van der Waals surface area (Å²) in [4.78, 5) is 12.6. The molecule has 2 aromatic rings. The Morgan fingerprint density at radius 2 is 2.11 bits per heavy atom. The minimum absolute atomic E-state index is 0.0125. The molecule has 2 aliphatic heterocycles. The lowest BCUT2D eigenvalue weighted by atomic mass is 9.67. The van der Waals surface area contributed by atoms with Crippen LogP contribution in [0.25, 0.3) is 0 Å². The molecule has 0 aromatic heterocycles. The van der Waals surface area contributed by atoms with Crippen LogP contribution in [-0.4, -0.2) is 35.9 Å². The molecule has 2 unspecified atom stereocenters. The van der Waals surface area contributed by atoms with Crippen molar-refractivity contribution >= 4 is 17.2 Å². The van der Waals surface area contributed by atoms with E-state index < -0.39 is 5.41 Å². The summed E-state index contributed by atoms with van der Waals surface area (Å²) < 4.78 is 19.8. The molecule has 0 saturated carbocycles. The third kappa shape index (κ3) is 2.72. The van der Waals surface area contributed by atoms with Gasteiger partial charge in [-0.2, -0.15) is 5.10 Å². The van der Waals surface area contributed by atoms with E-state index in [2.05, 4.69) is 5.10 Å². The van der Waals surface area contributed by atoms with Crippen LogP contribution in [0.15, 0.2) is 53.6 Å². The standard InChI is InChI=1S/C21H21FN2O3/c1-14(26)20-21(10-5-11-25,15-6-3-2-4-7-15)19-13-27-18-9-8-16(22)12-17(18)24(19)23-20/h2-4,6-9,12,19,25H,5,10-11,13H2,1H3. The van der Waals surface area contributed by atoms with Crippen molar-refractivity contribution in [3.8, 4) is 5.75 Å². The monoisotopic (exact) mass is 368 g/mol. The first-order valence-corrected chi connectivity index (χ1v) is 9.06. The number of hydrogen-bond donors (Lipinski definition) is 1. The number of ketones is 1. The fraction of sp³-hybridized carbons (Fsp3) is 0.333. The van der Waals surface area contributed by atoms with Gasteiger partial charge in [-0.1, -0.05) is 30.3 Å². The Hall–Kier alpha value is -2.73. The van der Waals surface area contributed by atoms with Crippen molar-refractivity contribution in [2.75, 3.05) is 18.2 Å². The molecule has 0 radical (unpaired) electrons. The molecule has 140 valence electrons. The number of aliphatic hydroxyl groups is 1. The van der Waals surface area contributed by atoms with Crippen molar-refractivity contribution in [2.45, 2.75) is 31.2 Å². The van der Waals surface area contributed by atoms with Gasteiger partial charge in [0, 0.05) is 19.6 Å². The van der Waals surface area contributed by atoms with Crippen molar-refractivity contribution in [2.24, 2.45) is 5.10 Å². The van der Waals surface area contributed by atoms with Crippen molar-refractivity contribution in [3.05, 3.63) is 59.9 Å². The van der Waals surface area contributed by atoms with E-state index in [1.165, 1.54) is 19.1 Å². The number of halogens is 1. The number of anilines is 1. The quantitative estimate of drug-likeness (QED) is 0.881. The first kappa shape index (κ1) is 17.7. The normalized spacial score (nSPS) is 23.3. The Labute approximate surface area is 157 Å². The third-order valence-corrected chi connectivity index (χ3v) is 5.41. The van der Waals surface area contributed by atoms with Gasteiger partial charge in [0.25, 0.3) is 0 Å². The molecular formula is C21H21FN2O3. The molecule has 27 heavy (non-hydrogen) atoms. The maximum Gasteiger partial charge on any atom is 0.176 e. The Bertz CT molecular complexity index is 900. The van der Waals surface area contributed by atoms with Gasteiger partial charge in [0.05, 0.1) is 5.41 Å². The molecule has 0 fully saturated rings. The van der Waals surface area contributed by atoms with E-state index in [9.17, 15) is 14.3 Å². The number of Topliss-reactive ketones (excluding diaryl/α,β-unsaturated/α-hetero) is 1. The van der Waals surface area contributed by atoms with Crippen LogP contribution in [-0.2, 0) is 10.2 Å². The second kappa shape index (κ2) is 6.78. The summed E-state index contributed by atoms with van der Waals surface area (Å²) in [6, 6.07) is 13.7. The molecule has 0 bridgehead atoms. The second-order valence-electron chi connectivity index (χ2n) is 6.95. The minimum Gasteiger partial charge on any atom is -0.489 e. The molecule has 5 nitrogen and oxygen atoms in total. The van der Waals surface area contributed by atoms with Gasteiger partial charge in [0.2, 0.25) is 0 Å². The van der Waals surface area contributed by atoms with E-state index in [-0.39, 0.29) is 24.2 Å². The maximum atomic E-state index is 13.9. The number of carbonyl (C=O) groups excluding carboxylic acids is 1. The smallest absolute Gasteiger partial charge is 0.176 e.